The van der Waals surface area contributed by atoms with Crippen molar-refractivity contribution in [3.8, 4) is 0 Å². The first-order chi connectivity index (χ1) is 7.13. The zero-order valence-electron chi connectivity index (χ0n) is 8.97. The molecule has 0 aliphatic carbocycles. The molecule has 0 fully saturated rings. The minimum absolute atomic E-state index is 0.289. The molecule has 3 N–H and O–H groups in total. The molecule has 0 amide bonds. The first kappa shape index (κ1) is 11.9. The SMILES string of the molecule is Cc1cc(SCCCC(N)=NO)n(C)n1. The number of nitrogens with two attached hydrogens (primary N) is 1. The van der Waals surface area contributed by atoms with Crippen LogP contribution in [-0.2, 0) is 7.05 Å². The molecule has 1 aromatic heterocycles. The third kappa shape index (κ3) is 3.83. The van der Waals surface area contributed by atoms with Gasteiger partial charge in [0.1, 0.15) is 5.84 Å². The van der Waals surface area contributed by atoms with E-state index in [1.54, 1.807) is 11.8 Å². The molecule has 0 saturated heterocycles. The Balaban J connectivity index is 2.29. The van der Waals surface area contributed by atoms with Crippen molar-refractivity contribution < 1.29 is 5.21 Å². The van der Waals surface area contributed by atoms with Gasteiger partial charge < -0.3 is 10.9 Å². The normalized spacial score (nSPS) is 12.0. The first-order valence-electron chi connectivity index (χ1n) is 4.73. The number of hydrogen-bond donors (Lipinski definition) is 2. The van der Waals surface area contributed by atoms with Crippen LogP contribution in [0, 0.1) is 6.92 Å². The molecule has 0 radical (unpaired) electrons. The summed E-state index contributed by atoms with van der Waals surface area (Å²) in [6.45, 7) is 1.97. The van der Waals surface area contributed by atoms with Gasteiger partial charge in [0.2, 0.25) is 0 Å². The lowest BCUT2D eigenvalue weighted by atomic mass is 10.3. The molecule has 0 bridgehead atoms. The Kier molecular flexibility index (Phi) is 4.48. The van der Waals surface area contributed by atoms with Gasteiger partial charge in [0, 0.05) is 13.5 Å². The van der Waals surface area contributed by atoms with Crippen molar-refractivity contribution in [1.82, 2.24) is 9.78 Å². The number of hydrogen-bond acceptors (Lipinski definition) is 4. The molecule has 1 rings (SSSR count). The highest BCUT2D eigenvalue weighted by Gasteiger charge is 2.02. The molecule has 0 aliphatic rings. The fourth-order valence-electron chi connectivity index (χ4n) is 1.20. The average Bonchev–Trinajstić information content (AvgIpc) is 2.52. The van der Waals surface area contributed by atoms with Gasteiger partial charge in [-0.3, -0.25) is 4.68 Å². The van der Waals surface area contributed by atoms with Crippen molar-refractivity contribution in [1.29, 1.82) is 0 Å². The summed E-state index contributed by atoms with van der Waals surface area (Å²) in [4.78, 5) is 0. The van der Waals surface area contributed by atoms with Gasteiger partial charge in [-0.25, -0.2) is 0 Å². The molecular weight excluding hydrogens is 212 g/mol. The monoisotopic (exact) mass is 228 g/mol. The number of aromatic nitrogens is 2. The van der Waals surface area contributed by atoms with Crippen molar-refractivity contribution in [3.63, 3.8) is 0 Å². The van der Waals surface area contributed by atoms with Crippen LogP contribution in [0.3, 0.4) is 0 Å². The lowest BCUT2D eigenvalue weighted by Gasteiger charge is -2.01. The lowest BCUT2D eigenvalue weighted by Crippen LogP contribution is -2.11. The number of oxime groups is 1. The highest BCUT2D eigenvalue weighted by Crippen LogP contribution is 2.19. The van der Waals surface area contributed by atoms with Crippen LogP contribution in [0.2, 0.25) is 0 Å². The number of rotatable bonds is 5. The van der Waals surface area contributed by atoms with Crippen LogP contribution in [0.1, 0.15) is 18.5 Å². The second kappa shape index (κ2) is 5.65. The van der Waals surface area contributed by atoms with E-state index in [1.165, 1.54) is 0 Å². The van der Waals surface area contributed by atoms with Crippen LogP contribution in [-0.4, -0.2) is 26.6 Å². The topological polar surface area (TPSA) is 76.4 Å². The van der Waals surface area contributed by atoms with Gasteiger partial charge in [-0.1, -0.05) is 5.16 Å². The van der Waals surface area contributed by atoms with E-state index in [0.29, 0.717) is 6.42 Å². The molecule has 0 aromatic carbocycles. The fraction of sp³-hybridized carbons (Fsp3) is 0.556. The molecule has 0 aliphatic heterocycles. The number of thioether (sulfide) groups is 1. The number of aryl methyl sites for hydroxylation is 2. The summed E-state index contributed by atoms with van der Waals surface area (Å²) in [7, 11) is 1.93. The molecule has 0 unspecified atom stereocenters. The van der Waals surface area contributed by atoms with Crippen molar-refractivity contribution in [2.75, 3.05) is 5.75 Å². The smallest absolute Gasteiger partial charge is 0.139 e. The molecule has 1 heterocycles. The van der Waals surface area contributed by atoms with Gasteiger partial charge in [0.15, 0.2) is 0 Å². The maximum atomic E-state index is 8.34. The highest BCUT2D eigenvalue weighted by molar-refractivity contribution is 7.99. The summed E-state index contributed by atoms with van der Waals surface area (Å²) in [6.07, 6.45) is 1.52. The molecule has 0 saturated carbocycles. The molecule has 0 atom stereocenters. The van der Waals surface area contributed by atoms with Crippen LogP contribution >= 0.6 is 11.8 Å². The molecule has 84 valence electrons. The Hall–Kier alpha value is -1.17. The molecule has 6 heteroatoms. The van der Waals surface area contributed by atoms with Crippen molar-refractivity contribution in [2.45, 2.75) is 24.8 Å². The number of nitrogens with zero attached hydrogens (tertiary/aromatic N) is 3. The van der Waals surface area contributed by atoms with Crippen LogP contribution in [0.25, 0.3) is 0 Å². The van der Waals surface area contributed by atoms with Crippen molar-refractivity contribution >= 4 is 17.6 Å². The highest BCUT2D eigenvalue weighted by atomic mass is 32.2. The summed E-state index contributed by atoms with van der Waals surface area (Å²) in [5.74, 6) is 1.23. The maximum absolute atomic E-state index is 8.34. The van der Waals surface area contributed by atoms with Crippen molar-refractivity contribution in [3.05, 3.63) is 11.8 Å². The van der Waals surface area contributed by atoms with E-state index in [-0.39, 0.29) is 5.84 Å². The molecule has 5 nitrogen and oxygen atoms in total. The van der Waals surface area contributed by atoms with Gasteiger partial charge in [0.05, 0.1) is 10.7 Å². The Morgan fingerprint density at radius 2 is 2.47 bits per heavy atom. The van der Waals surface area contributed by atoms with E-state index >= 15 is 0 Å². The summed E-state index contributed by atoms with van der Waals surface area (Å²) >= 11 is 1.73. The maximum Gasteiger partial charge on any atom is 0.139 e. The Morgan fingerprint density at radius 1 is 1.73 bits per heavy atom. The predicted octanol–water partition coefficient (Wildman–Crippen LogP) is 1.35. The standard InChI is InChI=1S/C9H16N4OS/c1-7-6-9(13(2)11-7)15-5-3-4-8(10)12-14/h6,14H,3-5H2,1-2H3,(H2,10,12). The second-order valence-electron chi connectivity index (χ2n) is 3.29. The van der Waals surface area contributed by atoms with Crippen LogP contribution in [0.5, 0.6) is 0 Å². The Labute approximate surface area is 93.3 Å². The lowest BCUT2D eigenvalue weighted by molar-refractivity contribution is 0.317. The third-order valence-electron chi connectivity index (χ3n) is 1.91. The van der Waals surface area contributed by atoms with Gasteiger partial charge in [0.25, 0.3) is 0 Å². The van der Waals surface area contributed by atoms with Crippen LogP contribution in [0.15, 0.2) is 16.2 Å². The molecular formula is C9H16N4OS. The van der Waals surface area contributed by atoms with E-state index in [2.05, 4.69) is 10.3 Å². The summed E-state index contributed by atoms with van der Waals surface area (Å²) in [6, 6.07) is 2.05. The van der Waals surface area contributed by atoms with Crippen molar-refractivity contribution in [2.24, 2.45) is 17.9 Å². The largest absolute Gasteiger partial charge is 0.409 e. The first-order valence-corrected chi connectivity index (χ1v) is 5.72. The van der Waals surface area contributed by atoms with Gasteiger partial charge >= 0.3 is 0 Å². The van der Waals surface area contributed by atoms with Gasteiger partial charge in [-0.15, -0.1) is 11.8 Å². The van der Waals surface area contributed by atoms with E-state index in [0.717, 1.165) is 22.9 Å². The van der Waals surface area contributed by atoms with Crippen LogP contribution in [0.4, 0.5) is 0 Å². The molecule has 0 spiro atoms. The van der Waals surface area contributed by atoms with Gasteiger partial charge in [-0.2, -0.15) is 5.10 Å². The zero-order valence-corrected chi connectivity index (χ0v) is 9.79. The van der Waals surface area contributed by atoms with E-state index in [9.17, 15) is 0 Å². The summed E-state index contributed by atoms with van der Waals surface area (Å²) < 4.78 is 1.86. The minimum Gasteiger partial charge on any atom is -0.409 e. The Bertz CT molecular complexity index is 348. The zero-order chi connectivity index (χ0) is 11.3. The third-order valence-corrected chi connectivity index (χ3v) is 3.09. The summed E-state index contributed by atoms with van der Waals surface area (Å²) in [5.41, 5.74) is 6.38. The predicted molar refractivity (Wildman–Crippen MR) is 61.3 cm³/mol. The van der Waals surface area contributed by atoms with Crippen LogP contribution < -0.4 is 5.73 Å². The Morgan fingerprint density at radius 3 is 3.00 bits per heavy atom. The number of amidine groups is 1. The quantitative estimate of drug-likeness (QED) is 0.199. The minimum atomic E-state index is 0.289. The molecule has 1 aromatic rings. The average molecular weight is 228 g/mol. The van der Waals surface area contributed by atoms with E-state index < -0.39 is 0 Å². The van der Waals surface area contributed by atoms with E-state index in [4.69, 9.17) is 10.9 Å². The van der Waals surface area contributed by atoms with Gasteiger partial charge in [-0.05, 0) is 25.2 Å². The van der Waals surface area contributed by atoms with E-state index in [1.807, 2.05) is 24.7 Å². The molecule has 15 heavy (non-hydrogen) atoms. The fourth-order valence-corrected chi connectivity index (χ4v) is 2.18. The second-order valence-corrected chi connectivity index (χ2v) is 4.41. The summed E-state index contributed by atoms with van der Waals surface area (Å²) in [5, 5.41) is 16.7.